The molecule has 0 unspecified atom stereocenters. The Morgan fingerprint density at radius 2 is 1.93 bits per heavy atom. The first-order chi connectivity index (χ1) is 12.8. The molecule has 0 radical (unpaired) electrons. The fourth-order valence-corrected chi connectivity index (χ4v) is 4.98. The normalized spacial score (nSPS) is 23.7. The van der Waals surface area contributed by atoms with Crippen molar-refractivity contribution in [3.8, 4) is 0 Å². The average Bonchev–Trinajstić information content (AvgIpc) is 2.61. The Morgan fingerprint density at radius 3 is 2.52 bits per heavy atom. The van der Waals surface area contributed by atoms with Gasteiger partial charge in [-0.1, -0.05) is 44.4 Å². The second-order valence-corrected chi connectivity index (χ2v) is 9.26. The molecule has 0 bridgehead atoms. The van der Waals surface area contributed by atoms with Crippen molar-refractivity contribution in [1.29, 1.82) is 0 Å². The van der Waals surface area contributed by atoms with Crippen LogP contribution in [0.15, 0.2) is 40.3 Å². The number of hydrogen-bond donors (Lipinski definition) is 1. The minimum atomic E-state index is -3.55. The number of carbonyl (C=O) groups excluding carboxylic acids is 1. The number of methoxy groups -OCH3 is 1. The number of hydrogen-bond acceptors (Lipinski definition) is 5. The topological polar surface area (TPSA) is 72.5 Å². The molecular weight excluding hydrogens is 362 g/mol. The maximum Gasteiger partial charge on any atom is 0.311 e. The van der Waals surface area contributed by atoms with Crippen LogP contribution in [0.5, 0.6) is 0 Å². The van der Waals surface area contributed by atoms with E-state index in [0.29, 0.717) is 12.1 Å². The van der Waals surface area contributed by atoms with Gasteiger partial charge in [0.15, 0.2) is 0 Å². The van der Waals surface area contributed by atoms with Gasteiger partial charge in [-0.15, -0.1) is 0 Å². The number of benzene rings is 1. The van der Waals surface area contributed by atoms with Crippen LogP contribution in [0.3, 0.4) is 0 Å². The number of allylic oxidation sites excluding steroid dienone is 1. The third-order valence-corrected chi connectivity index (χ3v) is 6.76. The Hall–Kier alpha value is -1.82. The fraction of sp³-hybridized carbons (Fsp3) is 0.571. The van der Waals surface area contributed by atoms with E-state index in [2.05, 4.69) is 12.2 Å². The van der Waals surface area contributed by atoms with Crippen LogP contribution in [-0.4, -0.2) is 27.5 Å². The standard InChI is InChI=1S/C21H31NO4S/c1-5-7-17(14-27(24,25)18-12-10-15(2)11-13-18)22-19-9-6-8-16(3)20(19)21(23)26-4/h10-14,16,19-20,22H,5-9H2,1-4H3/b17-14-/t16-,19-,20+/m1/s1. The van der Waals surface area contributed by atoms with Crippen LogP contribution >= 0.6 is 0 Å². The van der Waals surface area contributed by atoms with Gasteiger partial charge in [-0.25, -0.2) is 8.42 Å². The van der Waals surface area contributed by atoms with E-state index in [4.69, 9.17) is 4.74 Å². The Balaban J connectivity index is 2.28. The quantitative estimate of drug-likeness (QED) is 0.710. The second kappa shape index (κ2) is 9.40. The summed E-state index contributed by atoms with van der Waals surface area (Å²) < 4.78 is 30.6. The third-order valence-electron chi connectivity index (χ3n) is 5.23. The summed E-state index contributed by atoms with van der Waals surface area (Å²) in [4.78, 5) is 12.5. The highest BCUT2D eigenvalue weighted by atomic mass is 32.2. The van der Waals surface area contributed by atoms with E-state index in [-0.39, 0.29) is 28.7 Å². The van der Waals surface area contributed by atoms with Crippen LogP contribution in [-0.2, 0) is 19.4 Å². The monoisotopic (exact) mass is 393 g/mol. The highest BCUT2D eigenvalue weighted by Gasteiger charge is 2.37. The number of nitrogens with one attached hydrogen (secondary N) is 1. The molecule has 1 aromatic rings. The molecule has 0 amide bonds. The van der Waals surface area contributed by atoms with E-state index < -0.39 is 9.84 Å². The van der Waals surface area contributed by atoms with Gasteiger partial charge in [0.2, 0.25) is 9.84 Å². The summed E-state index contributed by atoms with van der Waals surface area (Å²) in [6.45, 7) is 5.99. The van der Waals surface area contributed by atoms with Crippen LogP contribution in [0.1, 0.15) is 51.5 Å². The molecule has 0 aliphatic heterocycles. The maximum atomic E-state index is 12.8. The van der Waals surface area contributed by atoms with E-state index in [1.807, 2.05) is 13.8 Å². The highest BCUT2D eigenvalue weighted by Crippen LogP contribution is 2.32. The van der Waals surface area contributed by atoms with Crippen molar-refractivity contribution >= 4 is 15.8 Å². The zero-order chi connectivity index (χ0) is 20.0. The minimum absolute atomic E-state index is 0.104. The van der Waals surface area contributed by atoms with Gasteiger partial charge in [0.05, 0.1) is 23.3 Å². The van der Waals surface area contributed by atoms with E-state index >= 15 is 0 Å². The molecule has 1 aliphatic rings. The molecule has 1 fully saturated rings. The van der Waals surface area contributed by atoms with Gasteiger partial charge in [0.25, 0.3) is 0 Å². The van der Waals surface area contributed by atoms with E-state index in [9.17, 15) is 13.2 Å². The second-order valence-electron chi connectivity index (χ2n) is 7.46. The van der Waals surface area contributed by atoms with Crippen LogP contribution in [0.4, 0.5) is 0 Å². The van der Waals surface area contributed by atoms with E-state index in [0.717, 1.165) is 31.2 Å². The average molecular weight is 394 g/mol. The SMILES string of the molecule is CCC/C(=C/S(=O)(=O)c1ccc(C)cc1)N[C@@H]1CCC[C@@H](C)[C@@H]1C(=O)OC. The minimum Gasteiger partial charge on any atom is -0.469 e. The lowest BCUT2D eigenvalue weighted by Crippen LogP contribution is -2.46. The van der Waals surface area contributed by atoms with Gasteiger partial charge in [-0.2, -0.15) is 0 Å². The molecule has 27 heavy (non-hydrogen) atoms. The highest BCUT2D eigenvalue weighted by molar-refractivity contribution is 7.94. The molecule has 1 aliphatic carbocycles. The third kappa shape index (κ3) is 5.58. The summed E-state index contributed by atoms with van der Waals surface area (Å²) in [5.41, 5.74) is 1.67. The summed E-state index contributed by atoms with van der Waals surface area (Å²) in [6, 6.07) is 6.75. The van der Waals surface area contributed by atoms with Gasteiger partial charge in [-0.05, 0) is 44.2 Å². The number of carbonyl (C=O) groups is 1. The molecule has 6 heteroatoms. The summed E-state index contributed by atoms with van der Waals surface area (Å²) >= 11 is 0. The van der Waals surface area contributed by atoms with Gasteiger partial charge >= 0.3 is 5.97 Å². The zero-order valence-corrected chi connectivity index (χ0v) is 17.5. The lowest BCUT2D eigenvalue weighted by atomic mass is 9.76. The molecule has 0 heterocycles. The van der Waals surface area contributed by atoms with Crippen molar-refractivity contribution < 1.29 is 17.9 Å². The molecule has 2 rings (SSSR count). The number of aryl methyl sites for hydroxylation is 1. The summed E-state index contributed by atoms with van der Waals surface area (Å²) in [6.07, 6.45) is 4.25. The van der Waals surface area contributed by atoms with Crippen LogP contribution in [0.25, 0.3) is 0 Å². The first-order valence-electron chi connectivity index (χ1n) is 9.65. The molecule has 0 saturated heterocycles. The lowest BCUT2D eigenvalue weighted by molar-refractivity contribution is -0.149. The predicted molar refractivity (Wildman–Crippen MR) is 107 cm³/mol. The molecule has 0 aromatic heterocycles. The molecular formula is C21H31NO4S. The number of rotatable bonds is 7. The van der Waals surface area contributed by atoms with Crippen molar-refractivity contribution in [1.82, 2.24) is 5.32 Å². The molecule has 5 nitrogen and oxygen atoms in total. The largest absolute Gasteiger partial charge is 0.469 e. The van der Waals surface area contributed by atoms with Crippen LogP contribution in [0.2, 0.25) is 0 Å². The Labute approximate surface area is 163 Å². The van der Waals surface area contributed by atoms with E-state index in [1.54, 1.807) is 24.3 Å². The van der Waals surface area contributed by atoms with Gasteiger partial charge in [0.1, 0.15) is 0 Å². The zero-order valence-electron chi connectivity index (χ0n) is 16.7. The van der Waals surface area contributed by atoms with Gasteiger partial charge < -0.3 is 10.1 Å². The number of ether oxygens (including phenoxy) is 1. The van der Waals surface area contributed by atoms with Gasteiger partial charge in [0, 0.05) is 11.7 Å². The number of esters is 1. The Kier molecular flexibility index (Phi) is 7.48. The van der Waals surface area contributed by atoms with Crippen molar-refractivity contribution in [2.75, 3.05) is 7.11 Å². The lowest BCUT2D eigenvalue weighted by Gasteiger charge is -2.36. The molecule has 1 saturated carbocycles. The maximum absolute atomic E-state index is 12.8. The molecule has 1 aromatic carbocycles. The van der Waals surface area contributed by atoms with Crippen LogP contribution in [0, 0.1) is 18.8 Å². The van der Waals surface area contributed by atoms with Gasteiger partial charge in [-0.3, -0.25) is 4.79 Å². The first-order valence-corrected chi connectivity index (χ1v) is 11.2. The summed E-state index contributed by atoms with van der Waals surface area (Å²) in [7, 11) is -2.14. The van der Waals surface area contributed by atoms with Crippen molar-refractivity contribution in [2.45, 2.75) is 63.8 Å². The summed E-state index contributed by atoms with van der Waals surface area (Å²) in [5.74, 6) is -0.275. The first kappa shape index (κ1) is 21.5. The number of sulfone groups is 1. The molecule has 1 N–H and O–H groups in total. The predicted octanol–water partition coefficient (Wildman–Crippen LogP) is 3.98. The van der Waals surface area contributed by atoms with Crippen molar-refractivity contribution in [3.05, 3.63) is 40.9 Å². The molecule has 150 valence electrons. The Bertz CT molecular complexity index is 768. The summed E-state index contributed by atoms with van der Waals surface area (Å²) in [5, 5.41) is 4.70. The Morgan fingerprint density at radius 1 is 1.26 bits per heavy atom. The van der Waals surface area contributed by atoms with Crippen molar-refractivity contribution in [3.63, 3.8) is 0 Å². The molecule has 0 spiro atoms. The fourth-order valence-electron chi connectivity index (χ4n) is 3.77. The van der Waals surface area contributed by atoms with Crippen molar-refractivity contribution in [2.24, 2.45) is 11.8 Å². The molecule has 3 atom stereocenters. The van der Waals surface area contributed by atoms with E-state index in [1.165, 1.54) is 12.5 Å². The smallest absolute Gasteiger partial charge is 0.311 e. The van der Waals surface area contributed by atoms with Crippen LogP contribution < -0.4 is 5.32 Å².